The normalized spacial score (nSPS) is 11.1. The number of ketones is 1. The van der Waals surface area contributed by atoms with E-state index in [9.17, 15) is 14.4 Å². The van der Waals surface area contributed by atoms with E-state index in [-0.39, 0.29) is 29.6 Å². The summed E-state index contributed by atoms with van der Waals surface area (Å²) in [5.74, 6) is -0.826. The molecule has 1 aromatic heterocycles. The molecule has 0 saturated carbocycles. The molecule has 0 aliphatic heterocycles. The summed E-state index contributed by atoms with van der Waals surface area (Å²) >= 11 is 0. The minimum Gasteiger partial charge on any atom is -0.452 e. The molecule has 150 valence electrons. The number of Topliss-reactive ketones (excluding diaryl/α,β-unsaturated/α-hetero) is 1. The first-order valence-corrected chi connectivity index (χ1v) is 9.55. The Labute approximate surface area is 169 Å². The van der Waals surface area contributed by atoms with Gasteiger partial charge in [-0.15, -0.1) is 0 Å². The summed E-state index contributed by atoms with van der Waals surface area (Å²) in [6.45, 7) is 7.66. The number of aromatic nitrogens is 2. The fraction of sp³-hybridized carbons (Fsp3) is 0.304. The highest BCUT2D eigenvalue weighted by atomic mass is 16.5. The third kappa shape index (κ3) is 4.42. The van der Waals surface area contributed by atoms with Crippen LogP contribution in [0.25, 0.3) is 10.8 Å². The first kappa shape index (κ1) is 20.5. The third-order valence-corrected chi connectivity index (χ3v) is 4.63. The number of carbonyl (C=O) groups is 2. The highest BCUT2D eigenvalue weighted by Crippen LogP contribution is 2.16. The number of hydrogen-bond acceptors (Lipinski definition) is 5. The lowest BCUT2D eigenvalue weighted by Gasteiger charge is -2.12. The molecule has 6 nitrogen and oxygen atoms in total. The number of nitrogens with zero attached hydrogens (tertiary/aromatic N) is 2. The second-order valence-corrected chi connectivity index (χ2v) is 7.59. The molecule has 0 radical (unpaired) electrons. The molecule has 0 aliphatic carbocycles. The minimum absolute atomic E-state index is 0.0367. The van der Waals surface area contributed by atoms with Crippen molar-refractivity contribution in [1.82, 2.24) is 9.78 Å². The summed E-state index contributed by atoms with van der Waals surface area (Å²) in [5.41, 5.74) is 2.09. The highest BCUT2D eigenvalue weighted by Gasteiger charge is 2.20. The predicted molar refractivity (Wildman–Crippen MR) is 111 cm³/mol. The molecule has 0 atom stereocenters. The number of carbonyl (C=O) groups excluding carboxylic acids is 2. The van der Waals surface area contributed by atoms with Crippen LogP contribution in [0.1, 0.15) is 45.8 Å². The Morgan fingerprint density at radius 1 is 1.07 bits per heavy atom. The summed E-state index contributed by atoms with van der Waals surface area (Å²) in [6.07, 6.45) is 0. The van der Waals surface area contributed by atoms with Crippen LogP contribution >= 0.6 is 0 Å². The van der Waals surface area contributed by atoms with E-state index >= 15 is 0 Å². The summed E-state index contributed by atoms with van der Waals surface area (Å²) in [7, 11) is 0. The topological polar surface area (TPSA) is 78.3 Å². The zero-order valence-electron chi connectivity index (χ0n) is 17.1. The van der Waals surface area contributed by atoms with Crippen molar-refractivity contribution in [2.24, 2.45) is 5.92 Å². The van der Waals surface area contributed by atoms with E-state index in [1.54, 1.807) is 30.3 Å². The van der Waals surface area contributed by atoms with Gasteiger partial charge in [0.25, 0.3) is 5.56 Å². The standard InChI is InChI=1S/C23H24N2O4/c1-14(2)12-25-22(27)18-8-6-5-7-17(18)21(24-25)23(28)29-13-20(26)19-11-15(3)9-10-16(19)4/h5-11,14H,12-13H2,1-4H3. The first-order valence-electron chi connectivity index (χ1n) is 9.55. The number of aryl methyl sites for hydroxylation is 2. The van der Waals surface area contributed by atoms with Crippen LogP contribution in [0.3, 0.4) is 0 Å². The van der Waals surface area contributed by atoms with Gasteiger partial charge in [0.2, 0.25) is 5.78 Å². The number of esters is 1. The Kier molecular flexibility index (Phi) is 5.92. The summed E-state index contributed by atoms with van der Waals surface area (Å²) < 4.78 is 6.57. The van der Waals surface area contributed by atoms with Crippen molar-refractivity contribution in [3.8, 4) is 0 Å². The highest BCUT2D eigenvalue weighted by molar-refractivity contribution is 6.04. The average molecular weight is 392 g/mol. The molecule has 0 bridgehead atoms. The quantitative estimate of drug-likeness (QED) is 0.472. The van der Waals surface area contributed by atoms with Gasteiger partial charge in [0.05, 0.1) is 5.39 Å². The Morgan fingerprint density at radius 3 is 2.45 bits per heavy atom. The Morgan fingerprint density at radius 2 is 1.76 bits per heavy atom. The third-order valence-electron chi connectivity index (χ3n) is 4.63. The molecule has 0 N–H and O–H groups in total. The molecule has 0 saturated heterocycles. The van der Waals surface area contributed by atoms with Crippen LogP contribution in [-0.2, 0) is 11.3 Å². The Bertz CT molecular complexity index is 1150. The number of rotatable bonds is 6. The van der Waals surface area contributed by atoms with Crippen molar-refractivity contribution >= 4 is 22.5 Å². The van der Waals surface area contributed by atoms with Gasteiger partial charge in [0, 0.05) is 17.5 Å². The Balaban J connectivity index is 1.90. The lowest BCUT2D eigenvalue weighted by atomic mass is 10.0. The second-order valence-electron chi connectivity index (χ2n) is 7.59. The van der Waals surface area contributed by atoms with Crippen molar-refractivity contribution in [3.05, 3.63) is 75.2 Å². The lowest BCUT2D eigenvalue weighted by Crippen LogP contribution is -2.28. The van der Waals surface area contributed by atoms with E-state index in [0.717, 1.165) is 11.1 Å². The lowest BCUT2D eigenvalue weighted by molar-refractivity contribution is 0.0468. The maximum Gasteiger partial charge on any atom is 0.359 e. The van der Waals surface area contributed by atoms with Gasteiger partial charge in [-0.2, -0.15) is 5.10 Å². The monoisotopic (exact) mass is 392 g/mol. The number of fused-ring (bicyclic) bond motifs is 1. The van der Waals surface area contributed by atoms with Crippen molar-refractivity contribution in [2.45, 2.75) is 34.2 Å². The summed E-state index contributed by atoms with van der Waals surface area (Å²) in [6, 6.07) is 12.4. The van der Waals surface area contributed by atoms with Crippen molar-refractivity contribution in [2.75, 3.05) is 6.61 Å². The maximum absolute atomic E-state index is 12.7. The largest absolute Gasteiger partial charge is 0.452 e. The van der Waals surface area contributed by atoms with E-state index in [1.165, 1.54) is 4.68 Å². The molecular formula is C23H24N2O4. The zero-order chi connectivity index (χ0) is 21.1. The average Bonchev–Trinajstić information content (AvgIpc) is 2.69. The van der Waals surface area contributed by atoms with E-state index in [1.807, 2.05) is 39.8 Å². The molecule has 0 amide bonds. The fourth-order valence-electron chi connectivity index (χ4n) is 3.17. The van der Waals surface area contributed by atoms with E-state index in [4.69, 9.17) is 4.74 Å². The van der Waals surface area contributed by atoms with Gasteiger partial charge in [0.15, 0.2) is 12.3 Å². The van der Waals surface area contributed by atoms with Crippen LogP contribution in [-0.4, -0.2) is 28.1 Å². The molecule has 0 fully saturated rings. The van der Waals surface area contributed by atoms with Crippen LogP contribution in [0.5, 0.6) is 0 Å². The molecule has 2 aromatic carbocycles. The van der Waals surface area contributed by atoms with Gasteiger partial charge in [-0.05, 0) is 37.5 Å². The summed E-state index contributed by atoms with van der Waals surface area (Å²) in [4.78, 5) is 37.9. The van der Waals surface area contributed by atoms with Gasteiger partial charge < -0.3 is 4.74 Å². The van der Waals surface area contributed by atoms with Crippen molar-refractivity contribution < 1.29 is 14.3 Å². The van der Waals surface area contributed by atoms with Crippen LogP contribution < -0.4 is 5.56 Å². The molecule has 0 aliphatic rings. The second kappa shape index (κ2) is 8.39. The van der Waals surface area contributed by atoms with Crippen LogP contribution in [0.4, 0.5) is 0 Å². The van der Waals surface area contributed by atoms with Crippen LogP contribution in [0.2, 0.25) is 0 Å². The molecule has 3 rings (SSSR count). The van der Waals surface area contributed by atoms with Gasteiger partial charge >= 0.3 is 5.97 Å². The van der Waals surface area contributed by atoms with Crippen LogP contribution in [0.15, 0.2) is 47.3 Å². The fourth-order valence-corrected chi connectivity index (χ4v) is 3.17. The van der Waals surface area contributed by atoms with Crippen molar-refractivity contribution in [1.29, 1.82) is 0 Å². The molecule has 0 spiro atoms. The van der Waals surface area contributed by atoms with Gasteiger partial charge in [0.1, 0.15) is 0 Å². The molecule has 6 heteroatoms. The smallest absolute Gasteiger partial charge is 0.359 e. The maximum atomic E-state index is 12.7. The molecule has 0 unspecified atom stereocenters. The minimum atomic E-state index is -0.725. The Hall–Kier alpha value is -3.28. The molecule has 29 heavy (non-hydrogen) atoms. The number of ether oxygens (including phenoxy) is 1. The molecule has 3 aromatic rings. The van der Waals surface area contributed by atoms with E-state index < -0.39 is 5.97 Å². The first-order chi connectivity index (χ1) is 13.8. The van der Waals surface area contributed by atoms with Gasteiger partial charge in [-0.1, -0.05) is 49.7 Å². The SMILES string of the molecule is Cc1ccc(C)c(C(=O)COC(=O)c2nn(CC(C)C)c(=O)c3ccccc23)c1. The molecular weight excluding hydrogens is 368 g/mol. The predicted octanol–water partition coefficient (Wildman–Crippen LogP) is 3.71. The van der Waals surface area contributed by atoms with E-state index in [0.29, 0.717) is 22.9 Å². The number of hydrogen-bond donors (Lipinski definition) is 0. The van der Waals surface area contributed by atoms with Crippen LogP contribution in [0, 0.1) is 19.8 Å². The summed E-state index contributed by atoms with van der Waals surface area (Å²) in [5, 5.41) is 5.06. The number of benzene rings is 2. The molecule has 1 heterocycles. The van der Waals surface area contributed by atoms with Crippen molar-refractivity contribution in [3.63, 3.8) is 0 Å². The van der Waals surface area contributed by atoms with Gasteiger partial charge in [-0.25, -0.2) is 9.48 Å². The van der Waals surface area contributed by atoms with E-state index in [2.05, 4.69) is 5.10 Å². The zero-order valence-corrected chi connectivity index (χ0v) is 17.1. The van der Waals surface area contributed by atoms with Gasteiger partial charge in [-0.3, -0.25) is 9.59 Å².